The number of hydrogen-bond donors (Lipinski definition) is 1. The molecule has 1 fully saturated rings. The van der Waals surface area contributed by atoms with Crippen LogP contribution in [0.25, 0.3) is 0 Å². The molecule has 2 aliphatic heterocycles. The van der Waals surface area contributed by atoms with Crippen molar-refractivity contribution in [1.29, 1.82) is 0 Å². The Morgan fingerprint density at radius 1 is 1.10 bits per heavy atom. The predicted molar refractivity (Wildman–Crippen MR) is 108 cm³/mol. The Labute approximate surface area is 170 Å². The number of benzene rings is 2. The number of nitrogens with zero attached hydrogens (tertiary/aromatic N) is 1. The van der Waals surface area contributed by atoms with Gasteiger partial charge in [-0.3, -0.25) is 9.69 Å². The van der Waals surface area contributed by atoms with E-state index >= 15 is 0 Å². The molecule has 154 valence electrons. The van der Waals surface area contributed by atoms with Crippen molar-refractivity contribution >= 4 is 5.91 Å². The fourth-order valence-corrected chi connectivity index (χ4v) is 3.95. The molecule has 5 nitrogen and oxygen atoms in total. The van der Waals surface area contributed by atoms with Gasteiger partial charge in [-0.1, -0.05) is 18.2 Å². The van der Waals surface area contributed by atoms with Gasteiger partial charge in [0, 0.05) is 12.5 Å². The van der Waals surface area contributed by atoms with Crippen LogP contribution in [0.4, 0.5) is 4.39 Å². The number of hydrogen-bond acceptors (Lipinski definition) is 4. The van der Waals surface area contributed by atoms with Crippen molar-refractivity contribution in [3.05, 3.63) is 59.4 Å². The maximum Gasteiger partial charge on any atom is 0.223 e. The molecular weight excluding hydrogens is 371 g/mol. The number of fused-ring (bicyclic) bond motifs is 1. The summed E-state index contributed by atoms with van der Waals surface area (Å²) in [4.78, 5) is 15.1. The van der Waals surface area contributed by atoms with E-state index < -0.39 is 0 Å². The summed E-state index contributed by atoms with van der Waals surface area (Å²) in [6.45, 7) is 5.64. The Hall–Kier alpha value is -2.60. The number of nitrogens with one attached hydrogen (secondary N) is 1. The first-order valence-electron chi connectivity index (χ1n) is 10.3. The number of amides is 1. The molecule has 0 saturated carbocycles. The molecule has 0 aromatic heterocycles. The average molecular weight is 398 g/mol. The number of carbonyl (C=O) groups excluding carboxylic acids is 1. The average Bonchev–Trinajstić information content (AvgIpc) is 2.75. The minimum atomic E-state index is -0.212. The van der Waals surface area contributed by atoms with Gasteiger partial charge in [-0.25, -0.2) is 4.39 Å². The highest BCUT2D eigenvalue weighted by molar-refractivity contribution is 5.79. The van der Waals surface area contributed by atoms with E-state index in [4.69, 9.17) is 9.47 Å². The van der Waals surface area contributed by atoms with Crippen LogP contribution < -0.4 is 14.8 Å². The molecule has 2 aliphatic rings. The van der Waals surface area contributed by atoms with Crippen LogP contribution in [0, 0.1) is 11.7 Å². The van der Waals surface area contributed by atoms with E-state index in [1.807, 2.05) is 37.3 Å². The van der Waals surface area contributed by atoms with E-state index in [1.54, 1.807) is 0 Å². The van der Waals surface area contributed by atoms with Gasteiger partial charge in [0.25, 0.3) is 0 Å². The van der Waals surface area contributed by atoms with Crippen molar-refractivity contribution in [1.82, 2.24) is 10.2 Å². The lowest BCUT2D eigenvalue weighted by atomic mass is 9.94. The van der Waals surface area contributed by atoms with Gasteiger partial charge >= 0.3 is 0 Å². The number of rotatable bonds is 5. The van der Waals surface area contributed by atoms with Crippen LogP contribution in [0.3, 0.4) is 0 Å². The van der Waals surface area contributed by atoms with E-state index in [2.05, 4.69) is 10.2 Å². The first-order chi connectivity index (χ1) is 14.1. The molecule has 2 aromatic rings. The standard InChI is InChI=1S/C23H27FN2O3/c1-16(19-4-7-21-22(14-19)29-13-12-28-21)25-23(27)18-8-10-26(11-9-18)15-17-2-5-20(24)6-3-17/h2-7,14,16,18H,8-13,15H2,1H3,(H,25,27)/t16-/m1/s1. The zero-order valence-corrected chi connectivity index (χ0v) is 16.7. The van der Waals surface area contributed by atoms with Gasteiger partial charge in [0.15, 0.2) is 11.5 Å². The lowest BCUT2D eigenvalue weighted by Gasteiger charge is -2.32. The van der Waals surface area contributed by atoms with Gasteiger partial charge in [-0.05, 0) is 68.2 Å². The van der Waals surface area contributed by atoms with Crippen LogP contribution in [0.2, 0.25) is 0 Å². The summed E-state index contributed by atoms with van der Waals surface area (Å²) in [5.74, 6) is 1.42. The summed E-state index contributed by atoms with van der Waals surface area (Å²) in [5.41, 5.74) is 2.11. The quantitative estimate of drug-likeness (QED) is 0.835. The molecule has 6 heteroatoms. The van der Waals surface area contributed by atoms with Crippen LogP contribution in [-0.2, 0) is 11.3 Å². The molecule has 0 aliphatic carbocycles. The fourth-order valence-electron chi connectivity index (χ4n) is 3.95. The Bertz CT molecular complexity index is 848. The van der Waals surface area contributed by atoms with Gasteiger partial charge in [0.05, 0.1) is 6.04 Å². The van der Waals surface area contributed by atoms with Crippen LogP contribution in [0.15, 0.2) is 42.5 Å². The van der Waals surface area contributed by atoms with Crippen LogP contribution >= 0.6 is 0 Å². The molecule has 0 radical (unpaired) electrons. The van der Waals surface area contributed by atoms with E-state index in [1.165, 1.54) is 12.1 Å². The summed E-state index contributed by atoms with van der Waals surface area (Å²) in [7, 11) is 0. The minimum Gasteiger partial charge on any atom is -0.486 e. The second-order valence-corrected chi connectivity index (χ2v) is 7.81. The first kappa shape index (κ1) is 19.7. The zero-order chi connectivity index (χ0) is 20.2. The van der Waals surface area contributed by atoms with Crippen molar-refractivity contribution < 1.29 is 18.7 Å². The molecule has 4 rings (SSSR count). The maximum atomic E-state index is 13.0. The lowest BCUT2D eigenvalue weighted by molar-refractivity contribution is -0.127. The highest BCUT2D eigenvalue weighted by atomic mass is 19.1. The van der Waals surface area contributed by atoms with Crippen LogP contribution in [-0.4, -0.2) is 37.1 Å². The largest absolute Gasteiger partial charge is 0.486 e. The van der Waals surface area contributed by atoms with Gasteiger partial charge in [0.2, 0.25) is 5.91 Å². The van der Waals surface area contributed by atoms with Gasteiger partial charge in [0.1, 0.15) is 19.0 Å². The molecule has 29 heavy (non-hydrogen) atoms. The van der Waals surface area contributed by atoms with Crippen molar-refractivity contribution in [2.24, 2.45) is 5.92 Å². The predicted octanol–water partition coefficient (Wildman–Crippen LogP) is 3.69. The van der Waals surface area contributed by atoms with Gasteiger partial charge < -0.3 is 14.8 Å². The molecule has 1 atom stereocenters. The van der Waals surface area contributed by atoms with E-state index in [-0.39, 0.29) is 23.7 Å². The van der Waals surface area contributed by atoms with Crippen molar-refractivity contribution in [3.63, 3.8) is 0 Å². The molecule has 0 spiro atoms. The minimum absolute atomic E-state index is 0.0270. The smallest absolute Gasteiger partial charge is 0.223 e. The summed E-state index contributed by atoms with van der Waals surface area (Å²) in [6, 6.07) is 12.4. The van der Waals surface area contributed by atoms with E-state index in [0.717, 1.165) is 55.1 Å². The highest BCUT2D eigenvalue weighted by Gasteiger charge is 2.26. The molecule has 2 aromatic carbocycles. The van der Waals surface area contributed by atoms with Gasteiger partial charge in [-0.15, -0.1) is 0 Å². The number of piperidine rings is 1. The summed E-state index contributed by atoms with van der Waals surface area (Å²) >= 11 is 0. The lowest BCUT2D eigenvalue weighted by Crippen LogP contribution is -2.40. The molecule has 2 heterocycles. The number of halogens is 1. The first-order valence-corrected chi connectivity index (χ1v) is 10.3. The maximum absolute atomic E-state index is 13.0. The second kappa shape index (κ2) is 8.82. The Morgan fingerprint density at radius 3 is 2.52 bits per heavy atom. The second-order valence-electron chi connectivity index (χ2n) is 7.81. The third-order valence-corrected chi connectivity index (χ3v) is 5.70. The molecule has 0 unspecified atom stereocenters. The zero-order valence-electron chi connectivity index (χ0n) is 16.7. The normalized spacial score (nSPS) is 18.3. The van der Waals surface area contributed by atoms with E-state index in [9.17, 15) is 9.18 Å². The van der Waals surface area contributed by atoms with E-state index in [0.29, 0.717) is 13.2 Å². The Kier molecular flexibility index (Phi) is 6.00. The van der Waals surface area contributed by atoms with Crippen LogP contribution in [0.1, 0.15) is 36.9 Å². The van der Waals surface area contributed by atoms with Crippen molar-refractivity contribution in [2.75, 3.05) is 26.3 Å². The third kappa shape index (κ3) is 4.88. The molecule has 1 N–H and O–H groups in total. The molecule has 1 amide bonds. The monoisotopic (exact) mass is 398 g/mol. The number of carbonyl (C=O) groups is 1. The fraction of sp³-hybridized carbons (Fsp3) is 0.435. The Balaban J connectivity index is 1.27. The number of ether oxygens (including phenoxy) is 2. The number of likely N-dealkylation sites (tertiary alicyclic amines) is 1. The molecule has 1 saturated heterocycles. The van der Waals surface area contributed by atoms with Gasteiger partial charge in [-0.2, -0.15) is 0 Å². The van der Waals surface area contributed by atoms with Crippen molar-refractivity contribution in [3.8, 4) is 11.5 Å². The SMILES string of the molecule is C[C@@H](NC(=O)C1CCN(Cc2ccc(F)cc2)CC1)c1ccc2c(c1)OCCO2. The molecule has 0 bridgehead atoms. The molecular formula is C23H27FN2O3. The Morgan fingerprint density at radius 2 is 1.79 bits per heavy atom. The summed E-state index contributed by atoms with van der Waals surface area (Å²) < 4.78 is 24.2. The topological polar surface area (TPSA) is 50.8 Å². The summed E-state index contributed by atoms with van der Waals surface area (Å²) in [5, 5.41) is 3.15. The van der Waals surface area contributed by atoms with Crippen molar-refractivity contribution in [2.45, 2.75) is 32.4 Å². The highest BCUT2D eigenvalue weighted by Crippen LogP contribution is 2.32. The summed E-state index contributed by atoms with van der Waals surface area (Å²) in [6.07, 6.45) is 1.67. The van der Waals surface area contributed by atoms with Crippen LogP contribution in [0.5, 0.6) is 11.5 Å². The third-order valence-electron chi connectivity index (χ3n) is 5.70.